The highest BCUT2D eigenvalue weighted by Crippen LogP contribution is 2.45. The molecule has 0 bridgehead atoms. The van der Waals surface area contributed by atoms with Gasteiger partial charge in [0.1, 0.15) is 5.78 Å². The lowest BCUT2D eigenvalue weighted by Gasteiger charge is -2.29. The Morgan fingerprint density at radius 3 is 2.62 bits per heavy atom. The second kappa shape index (κ2) is 3.41. The molecule has 0 heterocycles. The summed E-state index contributed by atoms with van der Waals surface area (Å²) in [6.45, 7) is 0. The van der Waals surface area contributed by atoms with Crippen molar-refractivity contribution in [1.29, 1.82) is 0 Å². The molecule has 0 radical (unpaired) electrons. The van der Waals surface area contributed by atoms with Gasteiger partial charge < -0.3 is 5.11 Å². The Morgan fingerprint density at radius 2 is 1.92 bits per heavy atom. The molecule has 13 heavy (non-hydrogen) atoms. The van der Waals surface area contributed by atoms with Crippen LogP contribution in [0.15, 0.2) is 0 Å². The maximum atomic E-state index is 11.9. The van der Waals surface area contributed by atoms with Crippen LogP contribution < -0.4 is 0 Å². The van der Waals surface area contributed by atoms with E-state index in [1.165, 1.54) is 6.42 Å². The van der Waals surface area contributed by atoms with Gasteiger partial charge in [0.2, 0.25) is 0 Å². The third-order valence-electron chi connectivity index (χ3n) is 3.82. The van der Waals surface area contributed by atoms with Crippen LogP contribution in [0.4, 0.5) is 0 Å². The summed E-state index contributed by atoms with van der Waals surface area (Å²) < 4.78 is 0. The van der Waals surface area contributed by atoms with Crippen molar-refractivity contribution in [3.8, 4) is 0 Å². The summed E-state index contributed by atoms with van der Waals surface area (Å²) in [6.07, 6.45) is 7.45. The van der Waals surface area contributed by atoms with Gasteiger partial charge in [0.15, 0.2) is 0 Å². The van der Waals surface area contributed by atoms with Crippen molar-refractivity contribution in [2.24, 2.45) is 5.41 Å². The minimum atomic E-state index is -0.335. The molecule has 2 fully saturated rings. The van der Waals surface area contributed by atoms with E-state index in [-0.39, 0.29) is 11.5 Å². The van der Waals surface area contributed by atoms with Gasteiger partial charge in [0.25, 0.3) is 0 Å². The van der Waals surface area contributed by atoms with Crippen LogP contribution >= 0.6 is 0 Å². The third kappa shape index (κ3) is 1.41. The first-order chi connectivity index (χ1) is 6.26. The lowest BCUT2D eigenvalue weighted by molar-refractivity contribution is -0.133. The number of ketones is 1. The molecule has 2 heteroatoms. The Kier molecular flexibility index (Phi) is 2.41. The molecule has 74 valence electrons. The molecule has 2 atom stereocenters. The summed E-state index contributed by atoms with van der Waals surface area (Å²) in [4.78, 5) is 11.9. The highest BCUT2D eigenvalue weighted by molar-refractivity contribution is 5.86. The van der Waals surface area contributed by atoms with Crippen molar-refractivity contribution in [3.63, 3.8) is 0 Å². The van der Waals surface area contributed by atoms with Crippen LogP contribution in [-0.4, -0.2) is 17.0 Å². The molecule has 0 aromatic heterocycles. The first-order valence-corrected chi connectivity index (χ1v) is 5.47. The van der Waals surface area contributed by atoms with Crippen LogP contribution in [0.25, 0.3) is 0 Å². The maximum absolute atomic E-state index is 11.9. The van der Waals surface area contributed by atoms with E-state index in [1.807, 2.05) is 0 Å². The predicted octanol–water partition coefficient (Wildman–Crippen LogP) is 2.05. The molecule has 0 amide bonds. The van der Waals surface area contributed by atoms with E-state index in [0.717, 1.165) is 38.5 Å². The fraction of sp³-hybridized carbons (Fsp3) is 0.909. The number of Topliss-reactive ketones (excluding diaryl/α,β-unsaturated/α-hetero) is 1. The zero-order valence-corrected chi connectivity index (χ0v) is 8.09. The Labute approximate surface area is 79.3 Å². The van der Waals surface area contributed by atoms with Crippen molar-refractivity contribution in [2.45, 2.75) is 57.5 Å². The molecule has 2 saturated carbocycles. The van der Waals surface area contributed by atoms with E-state index < -0.39 is 0 Å². The Bertz CT molecular complexity index is 212. The molecular formula is C11H18O2. The van der Waals surface area contributed by atoms with E-state index in [1.54, 1.807) is 0 Å². The van der Waals surface area contributed by atoms with Gasteiger partial charge in [-0.15, -0.1) is 0 Å². The lowest BCUT2D eigenvalue weighted by Crippen LogP contribution is -2.37. The van der Waals surface area contributed by atoms with Crippen molar-refractivity contribution in [1.82, 2.24) is 0 Å². The summed E-state index contributed by atoms with van der Waals surface area (Å²) >= 11 is 0. The first kappa shape index (κ1) is 9.20. The number of rotatable bonds is 0. The molecule has 2 aliphatic carbocycles. The predicted molar refractivity (Wildman–Crippen MR) is 50.4 cm³/mol. The standard InChI is InChI=1S/C11H18O2/c12-9-5-2-1-3-7-11(9)8-4-6-10(11)13/h10,13H,1-8H2/t10-,11+/m0/s1. The number of carbonyl (C=O) groups is 1. The lowest BCUT2D eigenvalue weighted by atomic mass is 9.76. The van der Waals surface area contributed by atoms with Gasteiger partial charge >= 0.3 is 0 Å². The van der Waals surface area contributed by atoms with Crippen LogP contribution in [0.3, 0.4) is 0 Å². The Morgan fingerprint density at radius 1 is 1.15 bits per heavy atom. The average molecular weight is 182 g/mol. The average Bonchev–Trinajstić information content (AvgIpc) is 2.36. The minimum absolute atomic E-state index is 0.309. The number of hydrogen-bond donors (Lipinski definition) is 1. The topological polar surface area (TPSA) is 37.3 Å². The Balaban J connectivity index is 2.21. The zero-order valence-electron chi connectivity index (χ0n) is 8.09. The monoisotopic (exact) mass is 182 g/mol. The molecule has 1 N–H and O–H groups in total. The van der Waals surface area contributed by atoms with Gasteiger partial charge in [0, 0.05) is 6.42 Å². The number of aliphatic hydroxyl groups excluding tert-OH is 1. The van der Waals surface area contributed by atoms with Crippen LogP contribution in [0, 0.1) is 5.41 Å². The van der Waals surface area contributed by atoms with Crippen LogP contribution in [0.5, 0.6) is 0 Å². The fourth-order valence-corrected chi connectivity index (χ4v) is 2.96. The highest BCUT2D eigenvalue weighted by atomic mass is 16.3. The van der Waals surface area contributed by atoms with Crippen LogP contribution in [0.1, 0.15) is 51.4 Å². The largest absolute Gasteiger partial charge is 0.392 e. The van der Waals surface area contributed by atoms with E-state index in [2.05, 4.69) is 0 Å². The van der Waals surface area contributed by atoms with Crippen molar-refractivity contribution >= 4 is 5.78 Å². The molecule has 2 nitrogen and oxygen atoms in total. The van der Waals surface area contributed by atoms with Crippen LogP contribution in [0.2, 0.25) is 0 Å². The quantitative estimate of drug-likeness (QED) is 0.622. The van der Waals surface area contributed by atoms with Crippen molar-refractivity contribution in [2.75, 3.05) is 0 Å². The van der Waals surface area contributed by atoms with Gasteiger partial charge in [-0.05, 0) is 32.1 Å². The van der Waals surface area contributed by atoms with E-state index in [0.29, 0.717) is 12.2 Å². The SMILES string of the molecule is O=C1CCCCC[C@@]12CCC[C@@H]2O. The molecule has 0 aromatic carbocycles. The fourth-order valence-electron chi connectivity index (χ4n) is 2.96. The highest BCUT2D eigenvalue weighted by Gasteiger charge is 2.47. The molecule has 2 rings (SSSR count). The molecule has 1 spiro atoms. The summed E-state index contributed by atoms with van der Waals surface area (Å²) in [5, 5.41) is 9.88. The van der Waals surface area contributed by atoms with E-state index in [9.17, 15) is 9.90 Å². The minimum Gasteiger partial charge on any atom is -0.392 e. The van der Waals surface area contributed by atoms with Gasteiger partial charge in [-0.2, -0.15) is 0 Å². The van der Waals surface area contributed by atoms with Crippen molar-refractivity contribution in [3.05, 3.63) is 0 Å². The van der Waals surface area contributed by atoms with Gasteiger partial charge in [-0.1, -0.05) is 12.8 Å². The van der Waals surface area contributed by atoms with Gasteiger partial charge in [-0.3, -0.25) is 4.79 Å². The summed E-state index contributed by atoms with van der Waals surface area (Å²) in [7, 11) is 0. The van der Waals surface area contributed by atoms with E-state index >= 15 is 0 Å². The summed E-state index contributed by atoms with van der Waals surface area (Å²) in [5.41, 5.74) is -0.309. The normalized spacial score (nSPS) is 41.0. The number of carbonyl (C=O) groups excluding carboxylic acids is 1. The number of hydrogen-bond acceptors (Lipinski definition) is 2. The third-order valence-corrected chi connectivity index (χ3v) is 3.82. The smallest absolute Gasteiger partial charge is 0.141 e. The number of aliphatic hydroxyl groups is 1. The second-order valence-electron chi connectivity index (χ2n) is 4.55. The van der Waals surface area contributed by atoms with Gasteiger partial charge in [0.05, 0.1) is 11.5 Å². The summed E-state index contributed by atoms with van der Waals surface area (Å²) in [6, 6.07) is 0. The molecule has 0 saturated heterocycles. The molecular weight excluding hydrogens is 164 g/mol. The molecule has 0 aliphatic heterocycles. The molecule has 0 aromatic rings. The van der Waals surface area contributed by atoms with E-state index in [4.69, 9.17) is 0 Å². The second-order valence-corrected chi connectivity index (χ2v) is 4.55. The van der Waals surface area contributed by atoms with Crippen LogP contribution in [-0.2, 0) is 4.79 Å². The van der Waals surface area contributed by atoms with Crippen molar-refractivity contribution < 1.29 is 9.90 Å². The first-order valence-electron chi connectivity index (χ1n) is 5.47. The molecule has 2 aliphatic rings. The Hall–Kier alpha value is -0.370. The molecule has 0 unspecified atom stereocenters. The summed E-state index contributed by atoms with van der Waals surface area (Å²) in [5.74, 6) is 0.343. The van der Waals surface area contributed by atoms with Gasteiger partial charge in [-0.25, -0.2) is 0 Å². The maximum Gasteiger partial charge on any atom is 0.141 e. The zero-order chi connectivity index (χ0) is 9.31.